The fourth-order valence-corrected chi connectivity index (χ4v) is 4.03. The lowest BCUT2D eigenvalue weighted by Gasteiger charge is -2.13. The van der Waals surface area contributed by atoms with Gasteiger partial charge in [-0.3, -0.25) is 4.79 Å². The van der Waals surface area contributed by atoms with Gasteiger partial charge in [-0.25, -0.2) is 0 Å². The van der Waals surface area contributed by atoms with Gasteiger partial charge >= 0.3 is 0 Å². The predicted molar refractivity (Wildman–Crippen MR) is 93.6 cm³/mol. The molecule has 1 amide bonds. The van der Waals surface area contributed by atoms with E-state index >= 15 is 0 Å². The largest absolute Gasteiger partial charge is 0.489 e. The number of thioether (sulfide) groups is 1. The van der Waals surface area contributed by atoms with Crippen LogP contribution in [0.15, 0.2) is 12.1 Å². The Labute approximate surface area is 146 Å². The molecule has 1 aromatic carbocycles. The predicted octanol–water partition coefficient (Wildman–Crippen LogP) is 3.79. The minimum Gasteiger partial charge on any atom is -0.489 e. The second kappa shape index (κ2) is 8.15. The molecule has 3 rings (SSSR count). The highest BCUT2D eigenvalue weighted by Crippen LogP contribution is 2.38. The first kappa shape index (κ1) is 16.8. The van der Waals surface area contributed by atoms with Gasteiger partial charge in [0.25, 0.3) is 0 Å². The van der Waals surface area contributed by atoms with Crippen LogP contribution in [0.3, 0.4) is 0 Å². The summed E-state index contributed by atoms with van der Waals surface area (Å²) in [4.78, 5) is 11.9. The highest BCUT2D eigenvalue weighted by Gasteiger charge is 2.18. The van der Waals surface area contributed by atoms with E-state index < -0.39 is 0 Å². The minimum atomic E-state index is 0.127. The molecule has 0 bridgehead atoms. The fraction of sp³-hybridized carbons (Fsp3) is 0.588. The highest BCUT2D eigenvalue weighted by atomic mass is 35.5. The molecule has 0 saturated heterocycles. The van der Waals surface area contributed by atoms with E-state index in [0.29, 0.717) is 41.5 Å². The molecule has 2 aliphatic rings. The molecule has 1 aromatic rings. The highest BCUT2D eigenvalue weighted by molar-refractivity contribution is 7.99. The van der Waals surface area contributed by atoms with Gasteiger partial charge in [0.05, 0.1) is 24.0 Å². The first-order valence-corrected chi connectivity index (χ1v) is 9.71. The van der Waals surface area contributed by atoms with Crippen molar-refractivity contribution in [3.8, 4) is 11.5 Å². The fourth-order valence-electron chi connectivity index (χ4n) is 2.97. The summed E-state index contributed by atoms with van der Waals surface area (Å²) >= 11 is 7.88. The van der Waals surface area contributed by atoms with Crippen LogP contribution in [0.25, 0.3) is 0 Å². The lowest BCUT2D eigenvalue weighted by Crippen LogP contribution is -2.33. The van der Waals surface area contributed by atoms with Crippen LogP contribution in [-0.2, 0) is 10.5 Å². The molecule has 23 heavy (non-hydrogen) atoms. The zero-order valence-electron chi connectivity index (χ0n) is 13.1. The number of hydrogen-bond donors (Lipinski definition) is 1. The molecule has 0 radical (unpaired) electrons. The van der Waals surface area contributed by atoms with E-state index in [1.54, 1.807) is 11.8 Å². The lowest BCUT2D eigenvalue weighted by molar-refractivity contribution is -0.119. The normalized spacial score (nSPS) is 17.8. The van der Waals surface area contributed by atoms with Crippen LogP contribution in [0, 0.1) is 0 Å². The third-order valence-electron chi connectivity index (χ3n) is 4.08. The molecule has 4 nitrogen and oxygen atoms in total. The summed E-state index contributed by atoms with van der Waals surface area (Å²) in [5, 5.41) is 3.68. The molecule has 126 valence electrons. The van der Waals surface area contributed by atoms with Crippen molar-refractivity contribution in [1.82, 2.24) is 5.32 Å². The summed E-state index contributed by atoms with van der Waals surface area (Å²) < 4.78 is 11.3. The lowest BCUT2D eigenvalue weighted by atomic mass is 10.2. The van der Waals surface area contributed by atoms with E-state index in [-0.39, 0.29) is 5.91 Å². The van der Waals surface area contributed by atoms with Crippen molar-refractivity contribution < 1.29 is 14.3 Å². The maximum atomic E-state index is 11.9. The van der Waals surface area contributed by atoms with Gasteiger partial charge in [0.15, 0.2) is 11.5 Å². The van der Waals surface area contributed by atoms with Gasteiger partial charge in [-0.1, -0.05) is 24.4 Å². The van der Waals surface area contributed by atoms with Crippen molar-refractivity contribution in [3.05, 3.63) is 22.7 Å². The molecule has 1 N–H and O–H groups in total. The first-order valence-electron chi connectivity index (χ1n) is 8.17. The number of carbonyl (C=O) groups excluding carboxylic acids is 1. The third-order valence-corrected chi connectivity index (χ3v) is 5.37. The van der Waals surface area contributed by atoms with Gasteiger partial charge in [0.2, 0.25) is 5.91 Å². The summed E-state index contributed by atoms with van der Waals surface area (Å²) in [5.74, 6) is 2.68. The van der Waals surface area contributed by atoms with Gasteiger partial charge in [0, 0.05) is 18.2 Å². The van der Waals surface area contributed by atoms with Gasteiger partial charge in [0.1, 0.15) is 0 Å². The molecule has 0 atom stereocenters. The van der Waals surface area contributed by atoms with Crippen molar-refractivity contribution in [2.24, 2.45) is 0 Å². The zero-order chi connectivity index (χ0) is 16.1. The number of hydrogen-bond acceptors (Lipinski definition) is 4. The molecule has 1 saturated carbocycles. The number of ether oxygens (including phenoxy) is 2. The molecular weight excluding hydrogens is 334 g/mol. The van der Waals surface area contributed by atoms with Crippen molar-refractivity contribution in [1.29, 1.82) is 0 Å². The van der Waals surface area contributed by atoms with Gasteiger partial charge < -0.3 is 14.8 Å². The summed E-state index contributed by atoms with van der Waals surface area (Å²) in [5.41, 5.74) is 1.05. The van der Waals surface area contributed by atoms with Crippen LogP contribution in [0.1, 0.15) is 37.7 Å². The number of halogens is 1. The number of benzene rings is 1. The van der Waals surface area contributed by atoms with E-state index in [1.807, 2.05) is 12.1 Å². The van der Waals surface area contributed by atoms with Crippen molar-refractivity contribution in [2.45, 2.75) is 43.9 Å². The Morgan fingerprint density at radius 2 is 2.00 bits per heavy atom. The maximum absolute atomic E-state index is 11.9. The molecule has 0 unspecified atom stereocenters. The van der Waals surface area contributed by atoms with Crippen LogP contribution in [0.5, 0.6) is 11.5 Å². The van der Waals surface area contributed by atoms with E-state index in [1.165, 1.54) is 12.8 Å². The van der Waals surface area contributed by atoms with Crippen molar-refractivity contribution >= 4 is 29.3 Å². The molecule has 1 aliphatic carbocycles. The average Bonchev–Trinajstić information content (AvgIpc) is 2.90. The summed E-state index contributed by atoms with van der Waals surface area (Å²) in [6, 6.07) is 4.25. The Bertz CT molecular complexity index is 561. The van der Waals surface area contributed by atoms with E-state index in [4.69, 9.17) is 21.1 Å². The van der Waals surface area contributed by atoms with E-state index in [0.717, 1.165) is 30.6 Å². The first-order chi connectivity index (χ1) is 11.2. The number of nitrogens with one attached hydrogen (secondary N) is 1. The Hall–Kier alpha value is -1.07. The van der Waals surface area contributed by atoms with Crippen LogP contribution < -0.4 is 14.8 Å². The van der Waals surface area contributed by atoms with Gasteiger partial charge in [-0.15, -0.1) is 11.8 Å². The van der Waals surface area contributed by atoms with E-state index in [2.05, 4.69) is 5.32 Å². The monoisotopic (exact) mass is 355 g/mol. The molecular formula is C17H22ClNO3S. The van der Waals surface area contributed by atoms with Crippen LogP contribution in [-0.4, -0.2) is 30.9 Å². The molecule has 1 heterocycles. The molecule has 1 fully saturated rings. The van der Waals surface area contributed by atoms with Crippen LogP contribution in [0.4, 0.5) is 0 Å². The average molecular weight is 356 g/mol. The smallest absolute Gasteiger partial charge is 0.230 e. The van der Waals surface area contributed by atoms with Crippen LogP contribution >= 0.6 is 23.4 Å². The molecule has 1 aliphatic heterocycles. The Morgan fingerprint density at radius 1 is 1.22 bits per heavy atom. The SMILES string of the molecule is O=C(CSCc1cc(Cl)c2c(c1)OCCCO2)NC1CCCC1. The maximum Gasteiger partial charge on any atom is 0.230 e. The second-order valence-corrected chi connectivity index (χ2v) is 7.39. The Morgan fingerprint density at radius 3 is 2.83 bits per heavy atom. The second-order valence-electron chi connectivity index (χ2n) is 6.00. The summed E-state index contributed by atoms with van der Waals surface area (Å²) in [6.07, 6.45) is 5.56. The van der Waals surface area contributed by atoms with E-state index in [9.17, 15) is 4.79 Å². The standard InChI is InChI=1S/C17H22ClNO3S/c18-14-8-12(9-15-17(14)22-7-3-6-21-15)10-23-11-16(20)19-13-4-1-2-5-13/h8-9,13H,1-7,10-11H2,(H,19,20). The van der Waals surface area contributed by atoms with Gasteiger partial charge in [-0.2, -0.15) is 0 Å². The van der Waals surface area contributed by atoms with Crippen LogP contribution in [0.2, 0.25) is 5.02 Å². The number of carbonyl (C=O) groups is 1. The van der Waals surface area contributed by atoms with Gasteiger partial charge in [-0.05, 0) is 30.5 Å². The quantitative estimate of drug-likeness (QED) is 0.872. The third kappa shape index (κ3) is 4.70. The van der Waals surface area contributed by atoms with Crippen molar-refractivity contribution in [2.75, 3.05) is 19.0 Å². The minimum absolute atomic E-state index is 0.127. The number of amides is 1. The topological polar surface area (TPSA) is 47.6 Å². The summed E-state index contributed by atoms with van der Waals surface area (Å²) in [6.45, 7) is 1.27. The zero-order valence-corrected chi connectivity index (χ0v) is 14.7. The number of rotatable bonds is 5. The van der Waals surface area contributed by atoms with Crippen molar-refractivity contribution in [3.63, 3.8) is 0 Å². The Kier molecular flexibility index (Phi) is 5.95. The summed E-state index contributed by atoms with van der Waals surface area (Å²) in [7, 11) is 0. The molecule has 0 aromatic heterocycles. The number of fused-ring (bicyclic) bond motifs is 1. The molecule has 6 heteroatoms. The molecule has 0 spiro atoms. The Balaban J connectivity index is 1.51.